The first-order chi connectivity index (χ1) is 4.84. The molecule has 1 radical (unpaired) electrons. The van der Waals surface area contributed by atoms with Gasteiger partial charge in [-0.3, -0.25) is 0 Å². The maximum Gasteiger partial charge on any atom is 0.0494 e. The summed E-state index contributed by atoms with van der Waals surface area (Å²) in [4.78, 5) is 0. The van der Waals surface area contributed by atoms with Crippen molar-refractivity contribution >= 4 is 0 Å². The highest BCUT2D eigenvalue weighted by molar-refractivity contribution is 4.69. The first-order valence-corrected chi connectivity index (χ1v) is 4.21. The van der Waals surface area contributed by atoms with E-state index in [0.29, 0.717) is 0 Å². The summed E-state index contributed by atoms with van der Waals surface area (Å²) >= 11 is 0. The van der Waals surface area contributed by atoms with Gasteiger partial charge in [0.05, 0.1) is 0 Å². The van der Waals surface area contributed by atoms with Crippen LogP contribution in [0.25, 0.3) is 0 Å². The van der Waals surface area contributed by atoms with E-state index in [9.17, 15) is 0 Å². The molecule has 59 valence electrons. The molecule has 1 rings (SSSR count). The van der Waals surface area contributed by atoms with Gasteiger partial charge in [0.2, 0.25) is 0 Å². The van der Waals surface area contributed by atoms with Crippen LogP contribution >= 0.6 is 0 Å². The lowest BCUT2D eigenvalue weighted by atomic mass is 9.89. The molecule has 0 saturated carbocycles. The summed E-state index contributed by atoms with van der Waals surface area (Å²) < 4.78 is 5.41. The molecule has 1 fully saturated rings. The van der Waals surface area contributed by atoms with Gasteiger partial charge >= 0.3 is 0 Å². The number of hydrogen-bond donors (Lipinski definition) is 0. The summed E-state index contributed by atoms with van der Waals surface area (Å²) in [5.74, 6) is 1.53. The molecule has 0 N–H and O–H groups in total. The van der Waals surface area contributed by atoms with Crippen molar-refractivity contribution in [2.24, 2.45) is 11.8 Å². The molecule has 1 heteroatoms. The fraction of sp³-hybridized carbons (Fsp3) is 0.889. The second-order valence-electron chi connectivity index (χ2n) is 3.24. The Balaban J connectivity index is 2.35. The van der Waals surface area contributed by atoms with Crippen LogP contribution in [-0.2, 0) is 4.74 Å². The Bertz CT molecular complexity index is 90.7. The minimum absolute atomic E-state index is 0.722. The first-order valence-electron chi connectivity index (χ1n) is 4.21. The lowest BCUT2D eigenvalue weighted by molar-refractivity contribution is 0.111. The molecular weight excluding hydrogens is 124 g/mol. The molecule has 2 atom stereocenters. The third kappa shape index (κ3) is 1.98. The molecular formula is C9H17O. The van der Waals surface area contributed by atoms with E-state index >= 15 is 0 Å². The van der Waals surface area contributed by atoms with Gasteiger partial charge in [-0.05, 0) is 24.7 Å². The van der Waals surface area contributed by atoms with Crippen LogP contribution < -0.4 is 0 Å². The predicted octanol–water partition coefficient (Wildman–Crippen LogP) is 2.27. The van der Waals surface area contributed by atoms with Gasteiger partial charge in [0.15, 0.2) is 0 Å². The highest BCUT2D eigenvalue weighted by Gasteiger charge is 2.17. The highest BCUT2D eigenvalue weighted by Crippen LogP contribution is 2.23. The Kier molecular flexibility index (Phi) is 3.20. The summed E-state index contributed by atoms with van der Waals surface area (Å²) in [7, 11) is 0. The molecule has 0 aliphatic carbocycles. The van der Waals surface area contributed by atoms with Gasteiger partial charge in [-0.2, -0.15) is 0 Å². The Labute approximate surface area is 63.8 Å². The Morgan fingerprint density at radius 1 is 1.60 bits per heavy atom. The average molecular weight is 141 g/mol. The quantitative estimate of drug-likeness (QED) is 0.544. The zero-order chi connectivity index (χ0) is 7.40. The molecule has 0 aromatic heterocycles. The average Bonchev–Trinajstić information content (AvgIpc) is 2.13. The first kappa shape index (κ1) is 8.06. The van der Waals surface area contributed by atoms with Gasteiger partial charge < -0.3 is 4.74 Å². The molecule has 1 aliphatic heterocycles. The third-order valence-corrected chi connectivity index (χ3v) is 2.42. The van der Waals surface area contributed by atoms with Crippen molar-refractivity contribution in [3.63, 3.8) is 0 Å². The second kappa shape index (κ2) is 3.97. The maximum absolute atomic E-state index is 5.41. The summed E-state index contributed by atoms with van der Waals surface area (Å²) in [5, 5.41) is 0. The van der Waals surface area contributed by atoms with Crippen molar-refractivity contribution in [2.45, 2.75) is 26.2 Å². The normalized spacial score (nSPS) is 35.4. The molecule has 1 nitrogen and oxygen atoms in total. The van der Waals surface area contributed by atoms with Crippen molar-refractivity contribution in [3.8, 4) is 0 Å². The summed E-state index contributed by atoms with van der Waals surface area (Å²) in [6.07, 6.45) is 3.61. The van der Waals surface area contributed by atoms with Crippen molar-refractivity contribution in [1.82, 2.24) is 0 Å². The van der Waals surface area contributed by atoms with Crippen LogP contribution in [-0.4, -0.2) is 13.2 Å². The van der Waals surface area contributed by atoms with Crippen LogP contribution in [0, 0.1) is 18.8 Å². The van der Waals surface area contributed by atoms with Crippen molar-refractivity contribution in [3.05, 3.63) is 6.92 Å². The van der Waals surface area contributed by atoms with Crippen molar-refractivity contribution in [1.29, 1.82) is 0 Å². The SMILES string of the molecule is [CH2]CC1CCCOCC1C. The van der Waals surface area contributed by atoms with Gasteiger partial charge in [-0.15, -0.1) is 0 Å². The molecule has 0 amide bonds. The Hall–Kier alpha value is -0.0400. The van der Waals surface area contributed by atoms with Crippen LogP contribution in [0.15, 0.2) is 0 Å². The summed E-state index contributed by atoms with van der Waals surface area (Å²) in [6.45, 7) is 8.11. The molecule has 2 unspecified atom stereocenters. The molecule has 0 bridgehead atoms. The van der Waals surface area contributed by atoms with Gasteiger partial charge in [0.1, 0.15) is 0 Å². The van der Waals surface area contributed by atoms with Gasteiger partial charge in [0, 0.05) is 13.2 Å². The minimum Gasteiger partial charge on any atom is -0.381 e. The van der Waals surface area contributed by atoms with Crippen LogP contribution in [0.1, 0.15) is 26.2 Å². The van der Waals surface area contributed by atoms with E-state index < -0.39 is 0 Å². The van der Waals surface area contributed by atoms with Crippen LogP contribution in [0.2, 0.25) is 0 Å². The molecule has 1 heterocycles. The smallest absolute Gasteiger partial charge is 0.0494 e. The zero-order valence-electron chi connectivity index (χ0n) is 6.81. The highest BCUT2D eigenvalue weighted by atomic mass is 16.5. The maximum atomic E-state index is 5.41. The Morgan fingerprint density at radius 2 is 2.40 bits per heavy atom. The largest absolute Gasteiger partial charge is 0.381 e. The molecule has 0 spiro atoms. The summed E-state index contributed by atoms with van der Waals surface area (Å²) in [5.41, 5.74) is 0. The molecule has 0 aromatic carbocycles. The fourth-order valence-electron chi connectivity index (χ4n) is 1.57. The van der Waals surface area contributed by atoms with Gasteiger partial charge in [-0.25, -0.2) is 0 Å². The second-order valence-corrected chi connectivity index (χ2v) is 3.24. The van der Waals surface area contributed by atoms with Gasteiger partial charge in [-0.1, -0.05) is 20.3 Å². The fourth-order valence-corrected chi connectivity index (χ4v) is 1.57. The van der Waals surface area contributed by atoms with E-state index in [2.05, 4.69) is 13.8 Å². The standard InChI is InChI=1S/C9H17O/c1-3-9-5-4-6-10-7-8(9)2/h8-9H,1,3-7H2,2H3. The lowest BCUT2D eigenvalue weighted by Gasteiger charge is -2.17. The van der Waals surface area contributed by atoms with E-state index in [0.717, 1.165) is 31.5 Å². The Morgan fingerprint density at radius 3 is 3.10 bits per heavy atom. The monoisotopic (exact) mass is 141 g/mol. The third-order valence-electron chi connectivity index (χ3n) is 2.42. The van der Waals surface area contributed by atoms with Crippen LogP contribution in [0.4, 0.5) is 0 Å². The van der Waals surface area contributed by atoms with Crippen LogP contribution in [0.3, 0.4) is 0 Å². The van der Waals surface area contributed by atoms with Crippen LogP contribution in [0.5, 0.6) is 0 Å². The van der Waals surface area contributed by atoms with E-state index in [4.69, 9.17) is 4.74 Å². The lowest BCUT2D eigenvalue weighted by Crippen LogP contribution is -2.12. The molecule has 10 heavy (non-hydrogen) atoms. The molecule has 0 aromatic rings. The summed E-state index contributed by atoms with van der Waals surface area (Å²) in [6, 6.07) is 0. The topological polar surface area (TPSA) is 9.23 Å². The van der Waals surface area contributed by atoms with E-state index in [1.165, 1.54) is 12.8 Å². The van der Waals surface area contributed by atoms with E-state index in [1.807, 2.05) is 0 Å². The number of ether oxygens (including phenoxy) is 1. The van der Waals surface area contributed by atoms with E-state index in [1.54, 1.807) is 0 Å². The minimum atomic E-state index is 0.722. The predicted molar refractivity (Wildman–Crippen MR) is 42.7 cm³/mol. The van der Waals surface area contributed by atoms with Crippen molar-refractivity contribution < 1.29 is 4.74 Å². The number of rotatable bonds is 1. The van der Waals surface area contributed by atoms with Crippen molar-refractivity contribution in [2.75, 3.05) is 13.2 Å². The van der Waals surface area contributed by atoms with Gasteiger partial charge in [0.25, 0.3) is 0 Å². The van der Waals surface area contributed by atoms with E-state index in [-0.39, 0.29) is 0 Å². The zero-order valence-corrected chi connectivity index (χ0v) is 6.81. The molecule has 1 saturated heterocycles. The number of hydrogen-bond acceptors (Lipinski definition) is 1. The molecule has 1 aliphatic rings.